The van der Waals surface area contributed by atoms with E-state index in [2.05, 4.69) is 6.58 Å². The van der Waals surface area contributed by atoms with Crippen LogP contribution in [-0.4, -0.2) is 75.4 Å². The molecule has 2 heterocycles. The summed E-state index contributed by atoms with van der Waals surface area (Å²) in [6.45, 7) is 7.61. The Morgan fingerprint density at radius 2 is 1.93 bits per heavy atom. The highest BCUT2D eigenvalue weighted by Crippen LogP contribution is 2.55. The van der Waals surface area contributed by atoms with Gasteiger partial charge in [-0.15, -0.1) is 0 Å². The first-order valence-corrected chi connectivity index (χ1v) is 10.5. The van der Waals surface area contributed by atoms with Crippen LogP contribution in [0.1, 0.15) is 39.5 Å². The van der Waals surface area contributed by atoms with E-state index in [1.54, 1.807) is 0 Å². The van der Waals surface area contributed by atoms with Crippen LogP contribution in [0.15, 0.2) is 12.2 Å². The summed E-state index contributed by atoms with van der Waals surface area (Å²) in [5.41, 5.74) is 0.353. The molecular formula is C21H32O8. The number of hydrogen-bond acceptors (Lipinski definition) is 8. The average molecular weight is 412 g/mol. The normalized spacial score (nSPS) is 52.6. The molecule has 4 N–H and O–H groups in total. The van der Waals surface area contributed by atoms with E-state index in [9.17, 15) is 25.2 Å². The number of esters is 1. The SMILES string of the molecule is C=C1CC[C@@H]2[C@H]1[C@H]1OC(=O)[C@@H](C)[C@@H]1CC[C@@]2(C)O[C@@H]1O[C@H](CO)[C@@H](O)[C@H](O)[C@H]1O. The molecule has 11 atom stereocenters. The first kappa shape index (κ1) is 21.2. The zero-order chi connectivity index (χ0) is 21.1. The van der Waals surface area contributed by atoms with Crippen molar-refractivity contribution in [3.05, 3.63) is 12.2 Å². The van der Waals surface area contributed by atoms with Gasteiger partial charge in [-0.2, -0.15) is 0 Å². The van der Waals surface area contributed by atoms with Crippen LogP contribution in [0, 0.1) is 23.7 Å². The molecule has 164 valence electrons. The number of aliphatic hydroxyl groups excluding tert-OH is 4. The highest BCUT2D eigenvalue weighted by Gasteiger charge is 2.58. The molecule has 0 aromatic rings. The Labute approximate surface area is 170 Å². The van der Waals surface area contributed by atoms with Gasteiger partial charge < -0.3 is 34.6 Å². The second kappa shape index (κ2) is 7.59. The summed E-state index contributed by atoms with van der Waals surface area (Å²) in [6.07, 6.45) is -3.73. The van der Waals surface area contributed by atoms with Gasteiger partial charge in [0, 0.05) is 11.8 Å². The molecule has 0 unspecified atom stereocenters. The van der Waals surface area contributed by atoms with E-state index in [1.165, 1.54) is 0 Å². The Hall–Kier alpha value is -1.03. The fourth-order valence-corrected chi connectivity index (χ4v) is 5.88. The van der Waals surface area contributed by atoms with Gasteiger partial charge >= 0.3 is 5.97 Å². The third-order valence-corrected chi connectivity index (χ3v) is 7.72. The zero-order valence-electron chi connectivity index (χ0n) is 16.9. The monoisotopic (exact) mass is 412 g/mol. The van der Waals surface area contributed by atoms with E-state index in [0.717, 1.165) is 24.8 Å². The topological polar surface area (TPSA) is 126 Å². The third-order valence-electron chi connectivity index (χ3n) is 7.72. The maximum atomic E-state index is 12.2. The molecule has 2 saturated heterocycles. The van der Waals surface area contributed by atoms with Crippen LogP contribution in [0.3, 0.4) is 0 Å². The van der Waals surface area contributed by atoms with Crippen molar-refractivity contribution in [1.29, 1.82) is 0 Å². The summed E-state index contributed by atoms with van der Waals surface area (Å²) >= 11 is 0. The number of ether oxygens (including phenoxy) is 3. The van der Waals surface area contributed by atoms with Crippen LogP contribution >= 0.6 is 0 Å². The lowest BCUT2D eigenvalue weighted by atomic mass is 9.77. The Bertz CT molecular complexity index is 665. The quantitative estimate of drug-likeness (QED) is 0.380. The lowest BCUT2D eigenvalue weighted by Crippen LogP contribution is -2.61. The molecule has 0 amide bonds. The van der Waals surface area contributed by atoms with E-state index in [-0.39, 0.29) is 35.7 Å². The fraction of sp³-hybridized carbons (Fsp3) is 0.857. The number of carbonyl (C=O) groups is 1. The number of rotatable bonds is 3. The van der Waals surface area contributed by atoms with Gasteiger partial charge in [0.05, 0.1) is 18.1 Å². The van der Waals surface area contributed by atoms with Gasteiger partial charge in [-0.1, -0.05) is 19.1 Å². The summed E-state index contributed by atoms with van der Waals surface area (Å²) in [5, 5.41) is 40.0. The summed E-state index contributed by atoms with van der Waals surface area (Å²) in [7, 11) is 0. The maximum Gasteiger partial charge on any atom is 0.309 e. The second-order valence-corrected chi connectivity index (χ2v) is 9.35. The number of hydrogen-bond donors (Lipinski definition) is 4. The van der Waals surface area contributed by atoms with Gasteiger partial charge in [-0.05, 0) is 38.5 Å². The Morgan fingerprint density at radius 3 is 2.62 bits per heavy atom. The van der Waals surface area contributed by atoms with Crippen molar-refractivity contribution >= 4 is 5.97 Å². The summed E-state index contributed by atoms with van der Waals surface area (Å²) in [5.74, 6) is -0.243. The smallest absolute Gasteiger partial charge is 0.309 e. The molecule has 0 aromatic heterocycles. The molecule has 0 radical (unpaired) electrons. The molecule has 2 aliphatic heterocycles. The number of aliphatic hydroxyl groups is 4. The van der Waals surface area contributed by atoms with E-state index in [0.29, 0.717) is 6.42 Å². The van der Waals surface area contributed by atoms with Crippen molar-refractivity contribution < 1.29 is 39.4 Å². The molecule has 0 bridgehead atoms. The Balaban J connectivity index is 1.60. The molecule has 2 saturated carbocycles. The lowest BCUT2D eigenvalue weighted by Gasteiger charge is -2.46. The minimum atomic E-state index is -1.48. The molecule has 8 nitrogen and oxygen atoms in total. The summed E-state index contributed by atoms with van der Waals surface area (Å²) in [4.78, 5) is 12.2. The van der Waals surface area contributed by atoms with Crippen molar-refractivity contribution in [1.82, 2.24) is 0 Å². The molecular weight excluding hydrogens is 380 g/mol. The van der Waals surface area contributed by atoms with Crippen molar-refractivity contribution in [3.8, 4) is 0 Å². The minimum Gasteiger partial charge on any atom is -0.461 e. The molecule has 2 aliphatic carbocycles. The van der Waals surface area contributed by atoms with Gasteiger partial charge in [0.1, 0.15) is 30.5 Å². The van der Waals surface area contributed by atoms with Gasteiger partial charge in [0.25, 0.3) is 0 Å². The van der Waals surface area contributed by atoms with Gasteiger partial charge in [-0.25, -0.2) is 0 Å². The number of fused-ring (bicyclic) bond motifs is 3. The molecule has 29 heavy (non-hydrogen) atoms. The molecule has 8 heteroatoms. The predicted octanol–water partition coefficient (Wildman–Crippen LogP) is 0.115. The van der Waals surface area contributed by atoms with Crippen molar-refractivity contribution in [2.24, 2.45) is 23.7 Å². The first-order chi connectivity index (χ1) is 13.7. The highest BCUT2D eigenvalue weighted by atomic mass is 16.7. The standard InChI is InChI=1S/C21H32O8/c1-9-4-5-12-14(9)18-11(10(2)19(26)28-18)6-7-21(12,3)29-20-17(25)16(24)15(23)13(8-22)27-20/h10-18,20,22-25H,1,4-8H2,2-3H3/t10-,11-,12+,13+,14-,15+,16-,17+,18-,20-,21+/m0/s1. The molecule has 4 fully saturated rings. The molecule has 4 rings (SSSR count). The molecule has 0 aromatic carbocycles. The van der Waals surface area contributed by atoms with E-state index < -0.39 is 42.9 Å². The first-order valence-electron chi connectivity index (χ1n) is 10.5. The van der Waals surface area contributed by atoms with Crippen LogP contribution in [0.5, 0.6) is 0 Å². The average Bonchev–Trinajstić information content (AvgIpc) is 3.17. The highest BCUT2D eigenvalue weighted by molar-refractivity contribution is 5.75. The largest absolute Gasteiger partial charge is 0.461 e. The molecule has 0 spiro atoms. The molecule has 4 aliphatic rings. The van der Waals surface area contributed by atoms with Gasteiger partial charge in [0.2, 0.25) is 0 Å². The van der Waals surface area contributed by atoms with Crippen LogP contribution in [0.2, 0.25) is 0 Å². The fourth-order valence-electron chi connectivity index (χ4n) is 5.88. The Morgan fingerprint density at radius 1 is 1.21 bits per heavy atom. The third kappa shape index (κ3) is 3.34. The van der Waals surface area contributed by atoms with Crippen LogP contribution in [0.4, 0.5) is 0 Å². The van der Waals surface area contributed by atoms with Crippen LogP contribution in [0.25, 0.3) is 0 Å². The maximum absolute atomic E-state index is 12.2. The Kier molecular flexibility index (Phi) is 5.55. The van der Waals surface area contributed by atoms with Crippen LogP contribution < -0.4 is 0 Å². The van der Waals surface area contributed by atoms with Crippen molar-refractivity contribution in [2.45, 2.75) is 81.9 Å². The summed E-state index contributed by atoms with van der Waals surface area (Å²) < 4.78 is 17.7. The van der Waals surface area contributed by atoms with Crippen LogP contribution in [-0.2, 0) is 19.0 Å². The van der Waals surface area contributed by atoms with E-state index in [4.69, 9.17) is 14.2 Å². The zero-order valence-corrected chi connectivity index (χ0v) is 16.9. The van der Waals surface area contributed by atoms with Gasteiger partial charge in [-0.3, -0.25) is 4.79 Å². The summed E-state index contributed by atoms with van der Waals surface area (Å²) in [6, 6.07) is 0. The van der Waals surface area contributed by atoms with E-state index >= 15 is 0 Å². The minimum absolute atomic E-state index is 0.0220. The second-order valence-electron chi connectivity index (χ2n) is 9.35. The lowest BCUT2D eigenvalue weighted by molar-refractivity contribution is -0.332. The predicted molar refractivity (Wildman–Crippen MR) is 100 cm³/mol. The van der Waals surface area contributed by atoms with Gasteiger partial charge in [0.15, 0.2) is 6.29 Å². The number of carbonyl (C=O) groups excluding carboxylic acids is 1. The van der Waals surface area contributed by atoms with E-state index in [1.807, 2.05) is 13.8 Å². The van der Waals surface area contributed by atoms with Crippen molar-refractivity contribution in [3.63, 3.8) is 0 Å². The van der Waals surface area contributed by atoms with Crippen molar-refractivity contribution in [2.75, 3.05) is 6.61 Å².